The van der Waals surface area contributed by atoms with Crippen LogP contribution < -0.4 is 0 Å². The summed E-state index contributed by atoms with van der Waals surface area (Å²) in [6.45, 7) is 14.9. The van der Waals surface area contributed by atoms with Crippen molar-refractivity contribution in [3.8, 4) is 0 Å². The number of ketones is 1. The standard InChI is InChI=1S/C45H68O20S2/c1-21-8-10-43(5)35(58-32-17-33-40(61-39(21)32)41(47)45(7)37(59-33)19-29-30(63-45)14-22(2)38(60-29)23(3)46)20-34-44(6,65-43)11-9-24-25(57-34)15-26-27(55-24)16-31-28(56-26)18-36(64-67(51,52)53)42(4,62-31)12-13-54-66(48,49)50/h21,24-41,47H,2,8-20H2,1,3-7H3,(H,48,49,50)(H,51,52,53)/t21-,24-,25+,26-,27+,28+,29+,30-,31-,32-,33+,34-,35+,36-,37-,38-,39+,40+,41+,42+,43-,44+,45-/m0/s1. The molecular formula is C45H68O20S2. The summed E-state index contributed by atoms with van der Waals surface area (Å²) in [5, 5.41) is 12.1. The third kappa shape index (κ3) is 9.27. The lowest BCUT2D eigenvalue weighted by atomic mass is 9.73. The number of rotatable bonds is 7. The molecule has 0 aromatic carbocycles. The Hall–Kier alpha value is -1.29. The Morgan fingerprint density at radius 2 is 1.25 bits per heavy atom. The molecule has 10 aliphatic heterocycles. The van der Waals surface area contributed by atoms with Gasteiger partial charge < -0.3 is 52.5 Å². The van der Waals surface area contributed by atoms with Crippen molar-refractivity contribution in [3.63, 3.8) is 0 Å². The maximum atomic E-state index is 12.4. The number of fused-ring (bicyclic) bond motifs is 9. The molecule has 0 bridgehead atoms. The Bertz CT molecular complexity index is 2140. The molecule has 0 saturated carbocycles. The van der Waals surface area contributed by atoms with Gasteiger partial charge >= 0.3 is 20.8 Å². The zero-order chi connectivity index (χ0) is 47.8. The van der Waals surface area contributed by atoms with Crippen molar-refractivity contribution in [2.24, 2.45) is 5.92 Å². The molecule has 22 heteroatoms. The molecule has 0 spiro atoms. The van der Waals surface area contributed by atoms with Gasteiger partial charge in [-0.3, -0.25) is 13.9 Å². The summed E-state index contributed by atoms with van der Waals surface area (Å²) in [6, 6.07) is 0. The average Bonchev–Trinajstić information content (AvgIpc) is 3.35. The summed E-state index contributed by atoms with van der Waals surface area (Å²) < 4.78 is 143. The zero-order valence-electron chi connectivity index (χ0n) is 39.0. The number of aliphatic hydroxyl groups is 1. The minimum Gasteiger partial charge on any atom is -0.387 e. The molecule has 67 heavy (non-hydrogen) atoms. The number of ether oxygens (including phenoxy) is 10. The minimum absolute atomic E-state index is 0.00553. The van der Waals surface area contributed by atoms with Crippen LogP contribution in [0.4, 0.5) is 0 Å². The van der Waals surface area contributed by atoms with E-state index < -0.39 is 111 Å². The molecule has 20 nitrogen and oxygen atoms in total. The molecule has 0 aromatic rings. The highest BCUT2D eigenvalue weighted by molar-refractivity contribution is 7.81. The molecule has 0 aliphatic carbocycles. The van der Waals surface area contributed by atoms with Crippen molar-refractivity contribution in [1.82, 2.24) is 0 Å². The molecule has 10 aliphatic rings. The van der Waals surface area contributed by atoms with Gasteiger partial charge in [0.25, 0.3) is 0 Å². The third-order valence-corrected chi connectivity index (χ3v) is 18.1. The first-order valence-electron chi connectivity index (χ1n) is 24.1. The summed E-state index contributed by atoms with van der Waals surface area (Å²) >= 11 is 0. The van der Waals surface area contributed by atoms with E-state index in [2.05, 4.69) is 31.5 Å². The quantitative estimate of drug-likeness (QED) is 0.245. The van der Waals surface area contributed by atoms with Crippen LogP contribution in [0, 0.1) is 5.92 Å². The van der Waals surface area contributed by atoms with Crippen LogP contribution >= 0.6 is 0 Å². The van der Waals surface area contributed by atoms with Crippen LogP contribution in [0.3, 0.4) is 0 Å². The molecule has 0 unspecified atom stereocenters. The molecule has 10 rings (SSSR count). The second-order valence-electron chi connectivity index (χ2n) is 22.0. The van der Waals surface area contributed by atoms with Crippen molar-refractivity contribution in [2.45, 2.75) is 251 Å². The second-order valence-corrected chi connectivity index (χ2v) is 24.1. The molecule has 380 valence electrons. The molecule has 10 saturated heterocycles. The summed E-state index contributed by atoms with van der Waals surface area (Å²) in [5.74, 6) is -0.0324. The van der Waals surface area contributed by atoms with Crippen LogP contribution in [-0.2, 0) is 81.3 Å². The average molecular weight is 993 g/mol. The third-order valence-electron chi connectivity index (χ3n) is 17.2. The first kappa shape index (κ1) is 49.3. The fraction of sp³-hybridized carbons (Fsp3) is 0.933. The van der Waals surface area contributed by atoms with Gasteiger partial charge in [-0.1, -0.05) is 13.5 Å². The first-order chi connectivity index (χ1) is 31.3. The Morgan fingerprint density at radius 3 is 1.94 bits per heavy atom. The Morgan fingerprint density at radius 1 is 0.672 bits per heavy atom. The Kier molecular flexibility index (Phi) is 12.8. The molecule has 10 fully saturated rings. The number of hydrogen-bond acceptors (Lipinski definition) is 18. The van der Waals surface area contributed by atoms with Crippen molar-refractivity contribution in [1.29, 1.82) is 0 Å². The van der Waals surface area contributed by atoms with Gasteiger partial charge in [0.05, 0.1) is 109 Å². The molecule has 10 heterocycles. The predicted octanol–water partition coefficient (Wildman–Crippen LogP) is 3.05. The largest absolute Gasteiger partial charge is 0.397 e. The number of carbonyl (C=O) groups excluding carboxylic acids is 1. The van der Waals surface area contributed by atoms with E-state index in [9.17, 15) is 31.3 Å². The van der Waals surface area contributed by atoms with E-state index in [0.717, 1.165) is 6.42 Å². The monoisotopic (exact) mass is 992 g/mol. The van der Waals surface area contributed by atoms with Crippen LogP contribution in [0.2, 0.25) is 0 Å². The van der Waals surface area contributed by atoms with Crippen LogP contribution in [0.5, 0.6) is 0 Å². The number of Topliss-reactive ketones (excluding diaryl/α,β-unsaturated/α-hetero) is 1. The summed E-state index contributed by atoms with van der Waals surface area (Å²) in [7, 11) is -9.73. The molecule has 0 amide bonds. The van der Waals surface area contributed by atoms with Gasteiger partial charge in [0.2, 0.25) is 0 Å². The summed E-state index contributed by atoms with van der Waals surface area (Å²) in [4.78, 5) is 12.4. The number of carbonyl (C=O) groups is 1. The van der Waals surface area contributed by atoms with Crippen molar-refractivity contribution >= 4 is 26.6 Å². The normalized spacial score (nSPS) is 53.1. The van der Waals surface area contributed by atoms with Gasteiger partial charge in [0.1, 0.15) is 30.0 Å². The van der Waals surface area contributed by atoms with Crippen molar-refractivity contribution in [2.75, 3.05) is 6.61 Å². The Labute approximate surface area is 392 Å². The van der Waals surface area contributed by atoms with Gasteiger partial charge in [-0.05, 0) is 78.2 Å². The van der Waals surface area contributed by atoms with E-state index in [1.807, 2.05) is 6.92 Å². The van der Waals surface area contributed by atoms with E-state index in [1.165, 1.54) is 13.8 Å². The van der Waals surface area contributed by atoms with Crippen molar-refractivity contribution in [3.05, 3.63) is 12.2 Å². The Balaban J connectivity index is 0.822. The number of hydrogen-bond donors (Lipinski definition) is 3. The highest BCUT2D eigenvalue weighted by Gasteiger charge is 2.64. The van der Waals surface area contributed by atoms with E-state index in [-0.39, 0.29) is 73.4 Å². The number of aliphatic hydroxyl groups excluding tert-OH is 1. The maximum absolute atomic E-state index is 12.4. The topological polar surface area (TPSA) is 257 Å². The second kappa shape index (κ2) is 17.4. The van der Waals surface area contributed by atoms with Gasteiger partial charge in [-0.15, -0.1) is 0 Å². The highest BCUT2D eigenvalue weighted by atomic mass is 32.3. The van der Waals surface area contributed by atoms with E-state index >= 15 is 0 Å². The van der Waals surface area contributed by atoms with E-state index in [0.29, 0.717) is 63.4 Å². The minimum atomic E-state index is -4.95. The van der Waals surface area contributed by atoms with Gasteiger partial charge in [-0.2, -0.15) is 16.8 Å². The first-order valence-corrected chi connectivity index (χ1v) is 26.8. The van der Waals surface area contributed by atoms with Crippen LogP contribution in [0.1, 0.15) is 119 Å². The molecule has 23 atom stereocenters. The maximum Gasteiger partial charge on any atom is 0.397 e. The van der Waals surface area contributed by atoms with Gasteiger partial charge in [0.15, 0.2) is 5.78 Å². The fourth-order valence-electron chi connectivity index (χ4n) is 13.4. The SMILES string of the molecule is C=C1C[C@@H]2O[C@@]3(C)[C@H](C[C@H]2O[C@@H]1C(C)=O)O[C@@H]1C[C@@H]2O[C@@H]4C[C@@H]5O[C@@H]6C[C@@H]7O[C@@H]8C[C@H](OS(=O)(=O)O)[C@@](C)(CCOS(=O)(=O)O)O[C@H]8C[C@H]7O[C@H]6CC[C@@]5(C)O[C@@]4(C)CC[C@H](C)[C@H]2O[C@H]1[C@H]3O. The lowest BCUT2D eigenvalue weighted by Gasteiger charge is -2.60. The highest BCUT2D eigenvalue weighted by Crippen LogP contribution is 2.53. The fourth-order valence-corrected chi connectivity index (χ4v) is 14.3. The van der Waals surface area contributed by atoms with E-state index in [1.54, 1.807) is 0 Å². The predicted molar refractivity (Wildman–Crippen MR) is 229 cm³/mol. The van der Waals surface area contributed by atoms with Crippen LogP contribution in [0.25, 0.3) is 0 Å². The molecular weight excluding hydrogens is 925 g/mol. The molecule has 0 aromatic heterocycles. The lowest BCUT2D eigenvalue weighted by Crippen LogP contribution is -2.73. The zero-order valence-corrected chi connectivity index (χ0v) is 40.6. The summed E-state index contributed by atoms with van der Waals surface area (Å²) in [6.07, 6.45) is -4.07. The van der Waals surface area contributed by atoms with Crippen LogP contribution in [0.15, 0.2) is 12.2 Å². The lowest BCUT2D eigenvalue weighted by molar-refractivity contribution is -0.367. The van der Waals surface area contributed by atoms with Gasteiger partial charge in [0, 0.05) is 44.9 Å². The van der Waals surface area contributed by atoms with Crippen molar-refractivity contribution < 1.29 is 91.6 Å². The molecule has 0 radical (unpaired) electrons. The van der Waals surface area contributed by atoms with E-state index in [4.69, 9.17) is 56.1 Å². The molecule has 3 N–H and O–H groups in total. The summed E-state index contributed by atoms with van der Waals surface area (Å²) in [5.41, 5.74) is -3.16. The smallest absolute Gasteiger partial charge is 0.387 e. The van der Waals surface area contributed by atoms with Crippen LogP contribution in [-0.4, -0.2) is 176 Å². The van der Waals surface area contributed by atoms with Gasteiger partial charge in [-0.25, -0.2) is 8.37 Å².